The molecule has 4 heteroatoms. The van der Waals surface area contributed by atoms with Crippen LogP contribution in [-0.4, -0.2) is 29.6 Å². The van der Waals surface area contributed by atoms with Gasteiger partial charge >= 0.3 is 0 Å². The summed E-state index contributed by atoms with van der Waals surface area (Å²) < 4.78 is 19.3. The summed E-state index contributed by atoms with van der Waals surface area (Å²) in [7, 11) is 0. The molecule has 3 nitrogen and oxygen atoms in total. The van der Waals surface area contributed by atoms with E-state index in [1.807, 2.05) is 0 Å². The van der Waals surface area contributed by atoms with E-state index in [2.05, 4.69) is 11.8 Å². The molecular formula is C16H20FNO2. The number of likely N-dealkylation sites (tertiary alicyclic amines) is 1. The largest absolute Gasteiger partial charge is 0.455 e. The van der Waals surface area contributed by atoms with E-state index in [1.165, 1.54) is 6.07 Å². The predicted octanol–water partition coefficient (Wildman–Crippen LogP) is 3.27. The number of furan rings is 1. The number of benzene rings is 1. The summed E-state index contributed by atoms with van der Waals surface area (Å²) in [5, 5.41) is 11.5. The molecule has 0 bridgehead atoms. The Bertz CT molecular complexity index is 600. The fourth-order valence-corrected chi connectivity index (χ4v) is 2.97. The van der Waals surface area contributed by atoms with Crippen LogP contribution >= 0.6 is 0 Å². The quantitative estimate of drug-likeness (QED) is 0.935. The zero-order valence-corrected chi connectivity index (χ0v) is 11.7. The lowest BCUT2D eigenvalue weighted by atomic mass is 9.89. The number of hydrogen-bond acceptors (Lipinski definition) is 3. The summed E-state index contributed by atoms with van der Waals surface area (Å²) in [6, 6.07) is 6.61. The van der Waals surface area contributed by atoms with Crippen molar-refractivity contribution in [3.63, 3.8) is 0 Å². The second kappa shape index (κ2) is 5.19. The smallest absolute Gasteiger partial charge is 0.170 e. The summed E-state index contributed by atoms with van der Waals surface area (Å²) >= 11 is 0. The molecule has 20 heavy (non-hydrogen) atoms. The molecular weight excluding hydrogens is 257 g/mol. The lowest BCUT2D eigenvalue weighted by Gasteiger charge is -2.36. The molecule has 1 aliphatic rings. The molecule has 0 spiro atoms. The molecule has 2 heterocycles. The normalized spacial score (nSPS) is 19.6. The Hall–Kier alpha value is -1.39. The van der Waals surface area contributed by atoms with Crippen LogP contribution in [0.15, 0.2) is 28.7 Å². The van der Waals surface area contributed by atoms with E-state index in [9.17, 15) is 9.50 Å². The highest BCUT2D eigenvalue weighted by Gasteiger charge is 2.37. The van der Waals surface area contributed by atoms with E-state index in [0.29, 0.717) is 24.0 Å². The second-order valence-electron chi connectivity index (χ2n) is 5.64. The lowest BCUT2D eigenvalue weighted by molar-refractivity contribution is -0.0409. The molecule has 0 saturated carbocycles. The fourth-order valence-electron chi connectivity index (χ4n) is 2.97. The fraction of sp³-hybridized carbons (Fsp3) is 0.500. The van der Waals surface area contributed by atoms with Gasteiger partial charge < -0.3 is 14.4 Å². The Morgan fingerprint density at radius 1 is 1.35 bits per heavy atom. The predicted molar refractivity (Wildman–Crippen MR) is 76.0 cm³/mol. The van der Waals surface area contributed by atoms with Crippen LogP contribution in [0.4, 0.5) is 4.39 Å². The van der Waals surface area contributed by atoms with Crippen molar-refractivity contribution in [2.75, 3.05) is 19.6 Å². The molecule has 2 aromatic rings. The average Bonchev–Trinajstić information content (AvgIpc) is 2.88. The van der Waals surface area contributed by atoms with Gasteiger partial charge in [-0.25, -0.2) is 4.39 Å². The number of rotatable bonds is 3. The van der Waals surface area contributed by atoms with Gasteiger partial charge in [0.2, 0.25) is 0 Å². The number of halogens is 1. The highest BCUT2D eigenvalue weighted by molar-refractivity contribution is 5.78. The Morgan fingerprint density at radius 3 is 2.75 bits per heavy atom. The molecule has 1 fully saturated rings. The zero-order chi connectivity index (χ0) is 14.2. The first-order valence-electron chi connectivity index (χ1n) is 7.26. The second-order valence-corrected chi connectivity index (χ2v) is 5.64. The number of piperidine rings is 1. The summed E-state index contributed by atoms with van der Waals surface area (Å²) in [5.74, 6) is 0.120. The first-order valence-corrected chi connectivity index (χ1v) is 7.26. The summed E-state index contributed by atoms with van der Waals surface area (Å²) in [4.78, 5) is 2.34. The van der Waals surface area contributed by atoms with Gasteiger partial charge in [0.25, 0.3) is 0 Å². The first-order chi connectivity index (χ1) is 9.62. The molecule has 1 saturated heterocycles. The SMILES string of the molecule is CCCN1CCC(O)(c2cc3cccc(F)c3o2)CC1. The first kappa shape index (κ1) is 13.6. The maximum atomic E-state index is 13.7. The molecule has 0 unspecified atom stereocenters. The highest BCUT2D eigenvalue weighted by Crippen LogP contribution is 2.36. The van der Waals surface area contributed by atoms with Crippen molar-refractivity contribution in [1.82, 2.24) is 4.90 Å². The third-order valence-electron chi connectivity index (χ3n) is 4.18. The third-order valence-corrected chi connectivity index (χ3v) is 4.18. The summed E-state index contributed by atoms with van der Waals surface area (Å²) in [5.41, 5.74) is -0.720. The Labute approximate surface area is 118 Å². The van der Waals surface area contributed by atoms with E-state index in [4.69, 9.17) is 4.42 Å². The van der Waals surface area contributed by atoms with Crippen LogP contribution in [0, 0.1) is 5.82 Å². The van der Waals surface area contributed by atoms with Crippen molar-refractivity contribution in [2.24, 2.45) is 0 Å². The minimum atomic E-state index is -0.963. The van der Waals surface area contributed by atoms with Gasteiger partial charge in [-0.2, -0.15) is 0 Å². The van der Waals surface area contributed by atoms with Gasteiger partial charge in [0.15, 0.2) is 11.4 Å². The van der Waals surface area contributed by atoms with Crippen molar-refractivity contribution >= 4 is 11.0 Å². The molecule has 1 aliphatic heterocycles. The van der Waals surface area contributed by atoms with Crippen molar-refractivity contribution < 1.29 is 13.9 Å². The minimum Gasteiger partial charge on any atom is -0.455 e. The van der Waals surface area contributed by atoms with Gasteiger partial charge in [-0.15, -0.1) is 0 Å². The molecule has 0 aliphatic carbocycles. The lowest BCUT2D eigenvalue weighted by Crippen LogP contribution is -2.42. The van der Waals surface area contributed by atoms with Crippen LogP contribution in [0.25, 0.3) is 11.0 Å². The van der Waals surface area contributed by atoms with E-state index >= 15 is 0 Å². The van der Waals surface area contributed by atoms with Crippen LogP contribution < -0.4 is 0 Å². The standard InChI is InChI=1S/C16H20FNO2/c1-2-8-18-9-6-16(19,7-10-18)14-11-12-4-3-5-13(17)15(12)20-14/h3-5,11,19H,2,6-10H2,1H3. The van der Waals surface area contributed by atoms with E-state index in [-0.39, 0.29) is 11.4 Å². The van der Waals surface area contributed by atoms with Crippen LogP contribution in [0.1, 0.15) is 31.9 Å². The van der Waals surface area contributed by atoms with E-state index < -0.39 is 5.60 Å². The number of para-hydroxylation sites is 1. The Morgan fingerprint density at radius 2 is 2.10 bits per heavy atom. The van der Waals surface area contributed by atoms with Crippen LogP contribution in [0.2, 0.25) is 0 Å². The molecule has 3 rings (SSSR count). The molecule has 1 N–H and O–H groups in total. The topological polar surface area (TPSA) is 36.6 Å². The maximum Gasteiger partial charge on any atom is 0.170 e. The molecule has 0 radical (unpaired) electrons. The minimum absolute atomic E-state index is 0.243. The number of hydrogen-bond donors (Lipinski definition) is 1. The van der Waals surface area contributed by atoms with Gasteiger partial charge in [0.05, 0.1) is 0 Å². The molecule has 108 valence electrons. The number of fused-ring (bicyclic) bond motifs is 1. The van der Waals surface area contributed by atoms with Gasteiger partial charge in [-0.05, 0) is 37.9 Å². The Kier molecular flexibility index (Phi) is 3.52. The van der Waals surface area contributed by atoms with Crippen LogP contribution in [0.3, 0.4) is 0 Å². The van der Waals surface area contributed by atoms with E-state index in [0.717, 1.165) is 26.1 Å². The summed E-state index contributed by atoms with van der Waals surface area (Å²) in [6.07, 6.45) is 2.39. The van der Waals surface area contributed by atoms with Crippen molar-refractivity contribution in [2.45, 2.75) is 31.8 Å². The van der Waals surface area contributed by atoms with Crippen molar-refractivity contribution in [3.8, 4) is 0 Å². The molecule has 0 amide bonds. The highest BCUT2D eigenvalue weighted by atomic mass is 19.1. The van der Waals surface area contributed by atoms with Crippen molar-refractivity contribution in [3.05, 3.63) is 35.8 Å². The zero-order valence-electron chi connectivity index (χ0n) is 11.7. The number of nitrogens with zero attached hydrogens (tertiary/aromatic N) is 1. The van der Waals surface area contributed by atoms with Crippen LogP contribution in [-0.2, 0) is 5.60 Å². The maximum absolute atomic E-state index is 13.7. The molecule has 0 atom stereocenters. The van der Waals surface area contributed by atoms with Gasteiger partial charge in [0, 0.05) is 18.5 Å². The van der Waals surface area contributed by atoms with Gasteiger partial charge in [-0.1, -0.05) is 19.1 Å². The third kappa shape index (κ3) is 2.34. The molecule has 1 aromatic carbocycles. The molecule has 1 aromatic heterocycles. The van der Waals surface area contributed by atoms with Crippen molar-refractivity contribution in [1.29, 1.82) is 0 Å². The van der Waals surface area contributed by atoms with E-state index in [1.54, 1.807) is 18.2 Å². The van der Waals surface area contributed by atoms with Gasteiger partial charge in [0.1, 0.15) is 11.4 Å². The van der Waals surface area contributed by atoms with Gasteiger partial charge in [-0.3, -0.25) is 0 Å². The summed E-state index contributed by atoms with van der Waals surface area (Å²) in [6.45, 7) is 4.92. The number of aliphatic hydroxyl groups is 1. The van der Waals surface area contributed by atoms with Crippen LogP contribution in [0.5, 0.6) is 0 Å². The monoisotopic (exact) mass is 277 g/mol. The average molecular weight is 277 g/mol. The Balaban J connectivity index is 1.85.